The van der Waals surface area contributed by atoms with Crippen molar-refractivity contribution in [1.29, 1.82) is 0 Å². The highest BCUT2D eigenvalue weighted by Crippen LogP contribution is 2.26. The maximum absolute atomic E-state index is 11.2. The van der Waals surface area contributed by atoms with Crippen molar-refractivity contribution in [3.05, 3.63) is 10.6 Å². The number of hydrogen-bond acceptors (Lipinski definition) is 5. The molecule has 15 heavy (non-hydrogen) atoms. The normalized spacial score (nSPS) is 18.4. The second-order valence-corrected chi connectivity index (χ2v) is 6.30. The summed E-state index contributed by atoms with van der Waals surface area (Å²) in [4.78, 5) is 7.85. The van der Waals surface area contributed by atoms with Crippen molar-refractivity contribution >= 4 is 27.3 Å². The van der Waals surface area contributed by atoms with Crippen molar-refractivity contribution in [3.8, 4) is 0 Å². The van der Waals surface area contributed by atoms with Crippen LogP contribution in [0.3, 0.4) is 0 Å². The molecule has 0 atom stereocenters. The molecule has 1 aromatic heterocycles. The van der Waals surface area contributed by atoms with Gasteiger partial charge < -0.3 is 10.6 Å². The van der Waals surface area contributed by atoms with E-state index in [2.05, 4.69) is 9.88 Å². The van der Waals surface area contributed by atoms with E-state index < -0.39 is 10.8 Å². The molecular formula is C9H15N3OS2. The van der Waals surface area contributed by atoms with Crippen LogP contribution < -0.4 is 10.6 Å². The molecule has 0 unspecified atom stereocenters. The van der Waals surface area contributed by atoms with Crippen LogP contribution in [0.1, 0.15) is 10.6 Å². The van der Waals surface area contributed by atoms with Gasteiger partial charge in [-0.25, -0.2) is 4.98 Å². The lowest BCUT2D eigenvalue weighted by Crippen LogP contribution is -2.37. The Morgan fingerprint density at radius 3 is 2.73 bits per heavy atom. The molecule has 0 bridgehead atoms. The van der Waals surface area contributed by atoms with E-state index in [4.69, 9.17) is 5.73 Å². The smallest absolute Gasteiger partial charge is 0.185 e. The van der Waals surface area contributed by atoms with Gasteiger partial charge in [-0.05, 0) is 6.92 Å². The van der Waals surface area contributed by atoms with Gasteiger partial charge in [-0.15, -0.1) is 11.3 Å². The van der Waals surface area contributed by atoms with Crippen molar-refractivity contribution in [2.45, 2.75) is 13.5 Å². The topological polar surface area (TPSA) is 59.2 Å². The van der Waals surface area contributed by atoms with Crippen molar-refractivity contribution in [2.75, 3.05) is 29.5 Å². The van der Waals surface area contributed by atoms with E-state index in [-0.39, 0.29) is 0 Å². The maximum Gasteiger partial charge on any atom is 0.185 e. The quantitative estimate of drug-likeness (QED) is 0.823. The first kappa shape index (κ1) is 11.0. The standard InChI is InChI=1S/C9H15N3OS2/c1-7-8(6-10)14-9(11-7)12-2-4-15(13)5-3-12/h2-6,10H2,1H3. The Morgan fingerprint density at radius 2 is 2.20 bits per heavy atom. The molecule has 1 saturated heterocycles. The molecule has 1 aliphatic heterocycles. The molecule has 1 aliphatic rings. The largest absolute Gasteiger partial charge is 0.346 e. The van der Waals surface area contributed by atoms with Gasteiger partial charge in [0.1, 0.15) is 0 Å². The van der Waals surface area contributed by atoms with Crippen molar-refractivity contribution in [1.82, 2.24) is 4.98 Å². The Morgan fingerprint density at radius 1 is 1.53 bits per heavy atom. The van der Waals surface area contributed by atoms with Crippen LogP contribution in [0.2, 0.25) is 0 Å². The molecule has 1 fully saturated rings. The van der Waals surface area contributed by atoms with E-state index in [0.717, 1.165) is 40.3 Å². The van der Waals surface area contributed by atoms with Crippen molar-refractivity contribution < 1.29 is 4.21 Å². The van der Waals surface area contributed by atoms with Crippen LogP contribution in [0.25, 0.3) is 0 Å². The van der Waals surface area contributed by atoms with Gasteiger partial charge in [0.2, 0.25) is 0 Å². The van der Waals surface area contributed by atoms with E-state index in [1.54, 1.807) is 11.3 Å². The summed E-state index contributed by atoms with van der Waals surface area (Å²) in [5, 5.41) is 1.03. The second-order valence-electron chi connectivity index (χ2n) is 3.54. The molecule has 84 valence electrons. The number of rotatable bonds is 2. The molecule has 2 heterocycles. The maximum atomic E-state index is 11.2. The van der Waals surface area contributed by atoms with Crippen LogP contribution in [-0.4, -0.2) is 33.8 Å². The number of thiazole rings is 1. The van der Waals surface area contributed by atoms with Gasteiger partial charge in [-0.3, -0.25) is 4.21 Å². The Hall–Kier alpha value is -0.460. The molecule has 0 aliphatic carbocycles. The average Bonchev–Trinajstić information content (AvgIpc) is 2.61. The third kappa shape index (κ3) is 2.38. The van der Waals surface area contributed by atoms with E-state index >= 15 is 0 Å². The summed E-state index contributed by atoms with van der Waals surface area (Å²) in [6, 6.07) is 0. The fourth-order valence-corrected chi connectivity index (χ4v) is 3.61. The first-order valence-electron chi connectivity index (χ1n) is 4.97. The third-order valence-electron chi connectivity index (χ3n) is 2.52. The van der Waals surface area contributed by atoms with E-state index in [0.29, 0.717) is 6.54 Å². The lowest BCUT2D eigenvalue weighted by Gasteiger charge is -2.25. The summed E-state index contributed by atoms with van der Waals surface area (Å²) in [7, 11) is -0.625. The van der Waals surface area contributed by atoms with Crippen LogP contribution in [0.15, 0.2) is 0 Å². The molecule has 1 aromatic rings. The minimum Gasteiger partial charge on any atom is -0.346 e. The van der Waals surface area contributed by atoms with Gasteiger partial charge in [-0.2, -0.15) is 0 Å². The van der Waals surface area contributed by atoms with Crippen molar-refractivity contribution in [2.24, 2.45) is 5.73 Å². The Kier molecular flexibility index (Phi) is 3.38. The summed E-state index contributed by atoms with van der Waals surface area (Å²) in [6.45, 7) is 4.25. The zero-order chi connectivity index (χ0) is 10.8. The fourth-order valence-electron chi connectivity index (χ4n) is 1.57. The molecule has 0 aromatic carbocycles. The minimum absolute atomic E-state index is 0.559. The van der Waals surface area contributed by atoms with Crippen LogP contribution in [-0.2, 0) is 17.3 Å². The van der Waals surface area contributed by atoms with Crippen LogP contribution in [0, 0.1) is 6.92 Å². The zero-order valence-corrected chi connectivity index (χ0v) is 10.4. The number of aromatic nitrogens is 1. The van der Waals surface area contributed by atoms with Gasteiger partial charge in [-0.1, -0.05) is 0 Å². The summed E-state index contributed by atoms with van der Waals surface area (Å²) < 4.78 is 11.2. The molecule has 0 spiro atoms. The lowest BCUT2D eigenvalue weighted by atomic mass is 10.4. The third-order valence-corrected chi connectivity index (χ3v) is 5.03. The Labute approximate surface area is 95.9 Å². The van der Waals surface area contributed by atoms with Gasteiger partial charge >= 0.3 is 0 Å². The zero-order valence-electron chi connectivity index (χ0n) is 8.73. The molecule has 2 N–H and O–H groups in total. The summed E-state index contributed by atoms with van der Waals surface area (Å²) >= 11 is 1.66. The Bertz CT molecular complexity index is 367. The molecule has 0 radical (unpaired) electrons. The first-order chi connectivity index (χ1) is 7.20. The van der Waals surface area contributed by atoms with Gasteiger partial charge in [0.15, 0.2) is 5.13 Å². The predicted molar refractivity (Wildman–Crippen MR) is 64.8 cm³/mol. The van der Waals surface area contributed by atoms with Crippen LogP contribution in [0.5, 0.6) is 0 Å². The van der Waals surface area contributed by atoms with Crippen LogP contribution in [0.4, 0.5) is 5.13 Å². The molecule has 6 heteroatoms. The number of hydrogen-bond donors (Lipinski definition) is 1. The lowest BCUT2D eigenvalue weighted by molar-refractivity contribution is 0.673. The van der Waals surface area contributed by atoms with Gasteiger partial charge in [0.05, 0.1) is 5.69 Å². The van der Waals surface area contributed by atoms with E-state index in [1.165, 1.54) is 0 Å². The van der Waals surface area contributed by atoms with E-state index in [9.17, 15) is 4.21 Å². The highest BCUT2D eigenvalue weighted by Gasteiger charge is 2.18. The molecule has 2 rings (SSSR count). The molecular weight excluding hydrogens is 230 g/mol. The van der Waals surface area contributed by atoms with Crippen molar-refractivity contribution in [3.63, 3.8) is 0 Å². The number of aryl methyl sites for hydroxylation is 1. The first-order valence-corrected chi connectivity index (χ1v) is 7.27. The van der Waals surface area contributed by atoms with Crippen LogP contribution >= 0.6 is 11.3 Å². The predicted octanol–water partition coefficient (Wildman–Crippen LogP) is 0.479. The number of nitrogens with zero attached hydrogens (tertiary/aromatic N) is 2. The molecule has 0 amide bonds. The molecule has 0 saturated carbocycles. The minimum atomic E-state index is -0.625. The van der Waals surface area contributed by atoms with Gasteiger partial charge in [0, 0.05) is 46.8 Å². The summed E-state index contributed by atoms with van der Waals surface area (Å²) in [6.07, 6.45) is 0. The average molecular weight is 245 g/mol. The summed E-state index contributed by atoms with van der Waals surface area (Å²) in [5.41, 5.74) is 6.65. The number of anilines is 1. The SMILES string of the molecule is Cc1nc(N2CCS(=O)CC2)sc1CN. The highest BCUT2D eigenvalue weighted by atomic mass is 32.2. The highest BCUT2D eigenvalue weighted by molar-refractivity contribution is 7.85. The molecule has 4 nitrogen and oxygen atoms in total. The fraction of sp³-hybridized carbons (Fsp3) is 0.667. The van der Waals surface area contributed by atoms with Gasteiger partial charge in [0.25, 0.3) is 0 Å². The Balaban J connectivity index is 2.12. The second kappa shape index (κ2) is 4.59. The summed E-state index contributed by atoms with van der Waals surface area (Å²) in [5.74, 6) is 1.52. The van der Waals surface area contributed by atoms with E-state index in [1.807, 2.05) is 6.92 Å². The number of nitrogens with two attached hydrogens (primary N) is 1. The monoisotopic (exact) mass is 245 g/mol.